The van der Waals surface area contributed by atoms with Crippen molar-refractivity contribution in [3.8, 4) is 5.75 Å². The van der Waals surface area contributed by atoms with Crippen LogP contribution < -0.4 is 15.8 Å². The SMILES string of the molecule is C[C@H](NC(=O)c1ccc(C(=N)N)cc1)C(=O)c1ccc(OCC(=O)OC2CCCCC2)cc1. The summed E-state index contributed by atoms with van der Waals surface area (Å²) >= 11 is 0. The standard InChI is InChI=1S/C25H29N3O5/c1-16(28-25(31)19-9-7-18(8-10-19)24(26)27)23(30)17-11-13-20(14-12-17)32-15-22(29)33-21-5-3-2-4-6-21/h7-14,16,21H,2-6,15H2,1H3,(H3,26,27)(H,28,31)/t16-/m0/s1. The van der Waals surface area contributed by atoms with Gasteiger partial charge in [0, 0.05) is 16.7 Å². The molecule has 3 rings (SSSR count). The van der Waals surface area contributed by atoms with Crippen LogP contribution in [0.25, 0.3) is 0 Å². The van der Waals surface area contributed by atoms with Gasteiger partial charge in [0.25, 0.3) is 5.91 Å². The van der Waals surface area contributed by atoms with Crippen LogP contribution in [0.15, 0.2) is 48.5 Å². The molecule has 8 nitrogen and oxygen atoms in total. The summed E-state index contributed by atoms with van der Waals surface area (Å²) in [6.07, 6.45) is 5.14. The first kappa shape index (κ1) is 24.0. The van der Waals surface area contributed by atoms with E-state index < -0.39 is 17.9 Å². The Morgan fingerprint density at radius 3 is 2.15 bits per heavy atom. The van der Waals surface area contributed by atoms with Crippen molar-refractivity contribution in [2.45, 2.75) is 51.2 Å². The van der Waals surface area contributed by atoms with Crippen LogP contribution in [0.4, 0.5) is 0 Å². The van der Waals surface area contributed by atoms with Crippen LogP contribution in [0.5, 0.6) is 5.75 Å². The zero-order valence-corrected chi connectivity index (χ0v) is 18.6. The smallest absolute Gasteiger partial charge is 0.344 e. The van der Waals surface area contributed by atoms with Gasteiger partial charge in [-0.3, -0.25) is 15.0 Å². The Morgan fingerprint density at radius 2 is 1.55 bits per heavy atom. The highest BCUT2D eigenvalue weighted by Crippen LogP contribution is 2.20. The number of hydrogen-bond acceptors (Lipinski definition) is 6. The average molecular weight is 452 g/mol. The van der Waals surface area contributed by atoms with Gasteiger partial charge in [-0.15, -0.1) is 0 Å². The van der Waals surface area contributed by atoms with E-state index >= 15 is 0 Å². The molecule has 0 radical (unpaired) electrons. The lowest BCUT2D eigenvalue weighted by Crippen LogP contribution is -2.38. The molecule has 174 valence electrons. The molecule has 1 amide bonds. The summed E-state index contributed by atoms with van der Waals surface area (Å²) in [6, 6.07) is 11.9. The third-order valence-corrected chi connectivity index (χ3v) is 5.54. The number of ketones is 1. The molecule has 0 saturated heterocycles. The molecule has 1 saturated carbocycles. The molecule has 0 heterocycles. The normalized spacial score (nSPS) is 14.7. The number of nitrogen functional groups attached to an aromatic ring is 1. The summed E-state index contributed by atoms with van der Waals surface area (Å²) in [7, 11) is 0. The van der Waals surface area contributed by atoms with Gasteiger partial charge in [0.2, 0.25) is 0 Å². The second-order valence-corrected chi connectivity index (χ2v) is 8.11. The Labute approximate surface area is 193 Å². The van der Waals surface area contributed by atoms with E-state index in [1.54, 1.807) is 55.5 Å². The number of benzene rings is 2. The van der Waals surface area contributed by atoms with E-state index in [0.717, 1.165) is 25.7 Å². The van der Waals surface area contributed by atoms with Crippen LogP contribution in [-0.2, 0) is 9.53 Å². The number of esters is 1. The molecule has 0 unspecified atom stereocenters. The van der Waals surface area contributed by atoms with Crippen LogP contribution in [0.3, 0.4) is 0 Å². The van der Waals surface area contributed by atoms with Crippen molar-refractivity contribution in [1.29, 1.82) is 5.41 Å². The Kier molecular flexibility index (Phi) is 8.18. The lowest BCUT2D eigenvalue weighted by atomic mass is 9.98. The van der Waals surface area contributed by atoms with Gasteiger partial charge >= 0.3 is 5.97 Å². The quantitative estimate of drug-likeness (QED) is 0.232. The fraction of sp³-hybridized carbons (Fsp3) is 0.360. The van der Waals surface area contributed by atoms with Gasteiger partial charge in [-0.2, -0.15) is 0 Å². The minimum Gasteiger partial charge on any atom is -0.482 e. The fourth-order valence-electron chi connectivity index (χ4n) is 3.66. The van der Waals surface area contributed by atoms with E-state index in [-0.39, 0.29) is 24.3 Å². The number of amidine groups is 1. The predicted octanol–water partition coefficient (Wildman–Crippen LogP) is 3.23. The van der Waals surface area contributed by atoms with Crippen molar-refractivity contribution >= 4 is 23.5 Å². The number of nitrogens with two attached hydrogens (primary N) is 1. The third-order valence-electron chi connectivity index (χ3n) is 5.54. The van der Waals surface area contributed by atoms with Crippen LogP contribution in [0.1, 0.15) is 65.3 Å². The van der Waals surface area contributed by atoms with E-state index in [2.05, 4.69) is 5.32 Å². The topological polar surface area (TPSA) is 132 Å². The van der Waals surface area contributed by atoms with Gasteiger partial charge < -0.3 is 20.5 Å². The lowest BCUT2D eigenvalue weighted by Gasteiger charge is -2.21. The van der Waals surface area contributed by atoms with Gasteiger partial charge in [0.05, 0.1) is 6.04 Å². The molecular weight excluding hydrogens is 422 g/mol. The fourth-order valence-corrected chi connectivity index (χ4v) is 3.66. The molecule has 0 spiro atoms. The maximum atomic E-state index is 12.7. The molecule has 1 atom stereocenters. The minimum atomic E-state index is -0.748. The van der Waals surface area contributed by atoms with Gasteiger partial charge in [-0.1, -0.05) is 18.6 Å². The Morgan fingerprint density at radius 1 is 0.970 bits per heavy atom. The summed E-state index contributed by atoms with van der Waals surface area (Å²) in [6.45, 7) is 1.43. The number of rotatable bonds is 9. The van der Waals surface area contributed by atoms with Crippen LogP contribution in [0.2, 0.25) is 0 Å². The van der Waals surface area contributed by atoms with Crippen molar-refractivity contribution in [3.05, 3.63) is 65.2 Å². The van der Waals surface area contributed by atoms with Crippen molar-refractivity contribution in [2.24, 2.45) is 5.73 Å². The lowest BCUT2D eigenvalue weighted by molar-refractivity contribution is -0.152. The Bertz CT molecular complexity index is 996. The van der Waals surface area contributed by atoms with E-state index in [1.165, 1.54) is 6.42 Å². The van der Waals surface area contributed by atoms with Crippen molar-refractivity contribution in [2.75, 3.05) is 6.61 Å². The molecule has 1 fully saturated rings. The van der Waals surface area contributed by atoms with Crippen molar-refractivity contribution < 1.29 is 23.9 Å². The highest BCUT2D eigenvalue weighted by atomic mass is 16.6. The molecule has 4 N–H and O–H groups in total. The first-order chi connectivity index (χ1) is 15.8. The summed E-state index contributed by atoms with van der Waals surface area (Å²) in [5.74, 6) is -0.683. The maximum Gasteiger partial charge on any atom is 0.344 e. The predicted molar refractivity (Wildman–Crippen MR) is 124 cm³/mol. The van der Waals surface area contributed by atoms with Crippen molar-refractivity contribution in [3.63, 3.8) is 0 Å². The van der Waals surface area contributed by atoms with Gasteiger partial charge in [0.15, 0.2) is 12.4 Å². The molecule has 0 bridgehead atoms. The second kappa shape index (κ2) is 11.3. The summed E-state index contributed by atoms with van der Waals surface area (Å²) in [5, 5.41) is 10.1. The largest absolute Gasteiger partial charge is 0.482 e. The third kappa shape index (κ3) is 6.90. The number of amides is 1. The van der Waals surface area contributed by atoms with Crippen LogP contribution in [0, 0.1) is 5.41 Å². The van der Waals surface area contributed by atoms with E-state index in [9.17, 15) is 14.4 Å². The highest BCUT2D eigenvalue weighted by Gasteiger charge is 2.20. The molecule has 0 aromatic heterocycles. The zero-order valence-electron chi connectivity index (χ0n) is 18.6. The molecule has 33 heavy (non-hydrogen) atoms. The number of Topliss-reactive ketones (excluding diaryl/α,β-unsaturated/α-hetero) is 1. The number of ether oxygens (including phenoxy) is 2. The van der Waals surface area contributed by atoms with Gasteiger partial charge in [-0.25, -0.2) is 4.79 Å². The zero-order chi connectivity index (χ0) is 23.8. The summed E-state index contributed by atoms with van der Waals surface area (Å²) < 4.78 is 10.9. The first-order valence-corrected chi connectivity index (χ1v) is 11.1. The Balaban J connectivity index is 1.48. The highest BCUT2D eigenvalue weighted by molar-refractivity contribution is 6.04. The monoisotopic (exact) mass is 451 g/mol. The molecule has 1 aliphatic rings. The number of nitrogens with one attached hydrogen (secondary N) is 2. The minimum absolute atomic E-state index is 0.0152. The second-order valence-electron chi connectivity index (χ2n) is 8.11. The van der Waals surface area contributed by atoms with E-state index in [0.29, 0.717) is 22.4 Å². The van der Waals surface area contributed by atoms with E-state index in [1.807, 2.05) is 0 Å². The number of carbonyl (C=O) groups is 3. The number of hydrogen-bond donors (Lipinski definition) is 3. The summed E-state index contributed by atoms with van der Waals surface area (Å²) in [4.78, 5) is 37.0. The molecule has 8 heteroatoms. The van der Waals surface area contributed by atoms with Crippen molar-refractivity contribution in [1.82, 2.24) is 5.32 Å². The van der Waals surface area contributed by atoms with Gasteiger partial charge in [0.1, 0.15) is 17.7 Å². The van der Waals surface area contributed by atoms with Crippen LogP contribution >= 0.6 is 0 Å². The molecule has 2 aromatic carbocycles. The Hall–Kier alpha value is -3.68. The molecule has 0 aliphatic heterocycles. The number of carbonyl (C=O) groups excluding carboxylic acids is 3. The molecule has 1 aliphatic carbocycles. The molecular formula is C25H29N3O5. The molecule has 2 aromatic rings. The maximum absolute atomic E-state index is 12.7. The van der Waals surface area contributed by atoms with Crippen LogP contribution in [-0.4, -0.2) is 42.2 Å². The summed E-state index contributed by atoms with van der Waals surface area (Å²) in [5.41, 5.74) is 6.70. The first-order valence-electron chi connectivity index (χ1n) is 11.1. The average Bonchev–Trinajstić information content (AvgIpc) is 2.83. The van der Waals surface area contributed by atoms with E-state index in [4.69, 9.17) is 20.6 Å². The van der Waals surface area contributed by atoms with Gasteiger partial charge in [-0.05, 0) is 69.0 Å².